The molecule has 0 saturated heterocycles. The van der Waals surface area contributed by atoms with Gasteiger partial charge in [0, 0.05) is 6.54 Å². The number of aliphatic carboxylic acids is 1. The van der Waals surface area contributed by atoms with E-state index in [4.69, 9.17) is 16.7 Å². The molecular formula is C13H14ClNO3. The molecule has 0 spiro atoms. The Kier molecular flexibility index (Phi) is 3.30. The van der Waals surface area contributed by atoms with Crippen molar-refractivity contribution in [1.29, 1.82) is 0 Å². The summed E-state index contributed by atoms with van der Waals surface area (Å²) < 4.78 is 0. The van der Waals surface area contributed by atoms with Crippen LogP contribution in [0.4, 0.5) is 0 Å². The Bertz CT molecular complexity index is 509. The zero-order valence-electron chi connectivity index (χ0n) is 10.00. The third kappa shape index (κ3) is 2.34. The largest absolute Gasteiger partial charge is 0.481 e. The highest BCUT2D eigenvalue weighted by Crippen LogP contribution is 2.45. The number of carboxylic acid groups (broad SMARTS) is 1. The number of hydrogen-bond donors (Lipinski definition) is 2. The molecular weight excluding hydrogens is 254 g/mol. The van der Waals surface area contributed by atoms with E-state index in [1.165, 1.54) is 0 Å². The molecule has 1 aliphatic carbocycles. The first-order chi connectivity index (χ1) is 8.46. The molecule has 18 heavy (non-hydrogen) atoms. The molecule has 4 nitrogen and oxygen atoms in total. The lowest BCUT2D eigenvalue weighted by Crippen LogP contribution is -2.34. The van der Waals surface area contributed by atoms with Gasteiger partial charge < -0.3 is 10.4 Å². The normalized spacial score (nSPS) is 16.1. The molecule has 0 radical (unpaired) electrons. The predicted octanol–water partition coefficient (Wildman–Crippen LogP) is 2.24. The summed E-state index contributed by atoms with van der Waals surface area (Å²) in [5.41, 5.74) is 0.452. The standard InChI is InChI=1S/C13H14ClNO3/c1-8-3-2-4-9(10(8)14)11(16)15-7-13(5-6-13)12(17)18/h2-4H,5-7H2,1H3,(H,15,16)(H,17,18). The van der Waals surface area contributed by atoms with Crippen LogP contribution < -0.4 is 5.32 Å². The number of aryl methyl sites for hydroxylation is 1. The van der Waals surface area contributed by atoms with Gasteiger partial charge in [-0.1, -0.05) is 23.7 Å². The van der Waals surface area contributed by atoms with E-state index in [-0.39, 0.29) is 12.5 Å². The highest BCUT2D eigenvalue weighted by atomic mass is 35.5. The van der Waals surface area contributed by atoms with Gasteiger partial charge in [0.2, 0.25) is 0 Å². The van der Waals surface area contributed by atoms with Crippen LogP contribution in [0.1, 0.15) is 28.8 Å². The lowest BCUT2D eigenvalue weighted by atomic mass is 10.1. The Morgan fingerprint density at radius 3 is 2.67 bits per heavy atom. The number of benzene rings is 1. The summed E-state index contributed by atoms with van der Waals surface area (Å²) in [6, 6.07) is 5.20. The number of nitrogens with one attached hydrogen (secondary N) is 1. The molecule has 5 heteroatoms. The highest BCUT2D eigenvalue weighted by Gasteiger charge is 2.50. The summed E-state index contributed by atoms with van der Waals surface area (Å²) in [7, 11) is 0. The third-order valence-electron chi connectivity index (χ3n) is 3.33. The summed E-state index contributed by atoms with van der Waals surface area (Å²) in [5, 5.41) is 12.1. The number of carbonyl (C=O) groups is 2. The molecule has 96 valence electrons. The van der Waals surface area contributed by atoms with E-state index >= 15 is 0 Å². The van der Waals surface area contributed by atoms with Crippen LogP contribution in [0.5, 0.6) is 0 Å². The molecule has 1 fully saturated rings. The van der Waals surface area contributed by atoms with Gasteiger partial charge >= 0.3 is 5.97 Å². The first kappa shape index (κ1) is 12.9. The molecule has 1 aliphatic rings. The average molecular weight is 268 g/mol. The van der Waals surface area contributed by atoms with Crippen molar-refractivity contribution < 1.29 is 14.7 Å². The van der Waals surface area contributed by atoms with Crippen molar-refractivity contribution in [2.24, 2.45) is 5.41 Å². The van der Waals surface area contributed by atoms with Crippen LogP contribution in [0.15, 0.2) is 18.2 Å². The fourth-order valence-corrected chi connectivity index (χ4v) is 2.00. The molecule has 1 amide bonds. The minimum absolute atomic E-state index is 0.158. The molecule has 0 unspecified atom stereocenters. The van der Waals surface area contributed by atoms with Crippen molar-refractivity contribution in [3.8, 4) is 0 Å². The maximum Gasteiger partial charge on any atom is 0.311 e. The molecule has 0 bridgehead atoms. The maximum absolute atomic E-state index is 11.9. The van der Waals surface area contributed by atoms with Crippen LogP contribution in [0.25, 0.3) is 0 Å². The van der Waals surface area contributed by atoms with Crippen LogP contribution in [-0.4, -0.2) is 23.5 Å². The minimum Gasteiger partial charge on any atom is -0.481 e. The lowest BCUT2D eigenvalue weighted by molar-refractivity contribution is -0.143. The number of amides is 1. The molecule has 0 aromatic heterocycles. The Labute approximate surface area is 110 Å². The molecule has 2 rings (SSSR count). The summed E-state index contributed by atoms with van der Waals surface area (Å²) in [5.74, 6) is -1.17. The van der Waals surface area contributed by atoms with Gasteiger partial charge in [0.05, 0.1) is 16.0 Å². The van der Waals surface area contributed by atoms with E-state index in [0.29, 0.717) is 23.4 Å². The average Bonchev–Trinajstić information content (AvgIpc) is 3.11. The van der Waals surface area contributed by atoms with Gasteiger partial charge in [0.1, 0.15) is 0 Å². The second-order valence-electron chi connectivity index (χ2n) is 4.70. The van der Waals surface area contributed by atoms with Gasteiger partial charge in [-0.3, -0.25) is 9.59 Å². The Morgan fingerprint density at radius 2 is 2.11 bits per heavy atom. The molecule has 0 aliphatic heterocycles. The van der Waals surface area contributed by atoms with E-state index in [1.54, 1.807) is 12.1 Å². The first-order valence-corrected chi connectivity index (χ1v) is 6.11. The van der Waals surface area contributed by atoms with Gasteiger partial charge in [-0.05, 0) is 31.4 Å². The van der Waals surface area contributed by atoms with E-state index in [0.717, 1.165) is 5.56 Å². The van der Waals surface area contributed by atoms with Gasteiger partial charge in [0.25, 0.3) is 5.91 Å². The van der Waals surface area contributed by atoms with E-state index in [9.17, 15) is 9.59 Å². The van der Waals surface area contributed by atoms with Crippen molar-refractivity contribution in [3.05, 3.63) is 34.3 Å². The highest BCUT2D eigenvalue weighted by molar-refractivity contribution is 6.34. The first-order valence-electron chi connectivity index (χ1n) is 5.73. The summed E-state index contributed by atoms with van der Waals surface area (Å²) >= 11 is 6.04. The van der Waals surface area contributed by atoms with Gasteiger partial charge in [0.15, 0.2) is 0 Å². The molecule has 2 N–H and O–H groups in total. The molecule has 0 heterocycles. The van der Waals surface area contributed by atoms with Gasteiger partial charge in [-0.15, -0.1) is 0 Å². The van der Waals surface area contributed by atoms with Crippen molar-refractivity contribution in [2.75, 3.05) is 6.54 Å². The summed E-state index contributed by atoms with van der Waals surface area (Å²) in [4.78, 5) is 22.9. The smallest absolute Gasteiger partial charge is 0.311 e. The van der Waals surface area contributed by atoms with E-state index in [1.807, 2.05) is 13.0 Å². The van der Waals surface area contributed by atoms with Crippen molar-refractivity contribution >= 4 is 23.5 Å². The number of halogens is 1. The van der Waals surface area contributed by atoms with Crippen molar-refractivity contribution in [2.45, 2.75) is 19.8 Å². The molecule has 1 aromatic rings. The van der Waals surface area contributed by atoms with E-state index < -0.39 is 11.4 Å². The zero-order valence-corrected chi connectivity index (χ0v) is 10.8. The Hall–Kier alpha value is -1.55. The second-order valence-corrected chi connectivity index (χ2v) is 5.08. The van der Waals surface area contributed by atoms with Crippen LogP contribution in [0, 0.1) is 12.3 Å². The number of carboxylic acids is 1. The van der Waals surface area contributed by atoms with Crippen LogP contribution >= 0.6 is 11.6 Å². The summed E-state index contributed by atoms with van der Waals surface area (Å²) in [6.45, 7) is 1.98. The zero-order chi connectivity index (χ0) is 13.3. The fraction of sp³-hybridized carbons (Fsp3) is 0.385. The maximum atomic E-state index is 11.9. The van der Waals surface area contributed by atoms with Crippen molar-refractivity contribution in [3.63, 3.8) is 0 Å². The molecule has 1 aromatic carbocycles. The predicted molar refractivity (Wildman–Crippen MR) is 67.8 cm³/mol. The number of rotatable bonds is 4. The quantitative estimate of drug-likeness (QED) is 0.879. The van der Waals surface area contributed by atoms with Crippen LogP contribution in [0.3, 0.4) is 0 Å². The molecule has 1 saturated carbocycles. The van der Waals surface area contributed by atoms with Crippen LogP contribution in [-0.2, 0) is 4.79 Å². The Balaban J connectivity index is 2.05. The molecule has 0 atom stereocenters. The second kappa shape index (κ2) is 4.61. The van der Waals surface area contributed by atoms with Gasteiger partial charge in [-0.2, -0.15) is 0 Å². The van der Waals surface area contributed by atoms with Gasteiger partial charge in [-0.25, -0.2) is 0 Å². The number of carbonyl (C=O) groups excluding carboxylic acids is 1. The monoisotopic (exact) mass is 267 g/mol. The minimum atomic E-state index is -0.849. The lowest BCUT2D eigenvalue weighted by Gasteiger charge is -2.12. The third-order valence-corrected chi connectivity index (χ3v) is 3.83. The Morgan fingerprint density at radius 1 is 1.44 bits per heavy atom. The fourth-order valence-electron chi connectivity index (χ4n) is 1.78. The SMILES string of the molecule is Cc1cccc(C(=O)NCC2(C(=O)O)CC2)c1Cl. The van der Waals surface area contributed by atoms with Crippen LogP contribution in [0.2, 0.25) is 5.02 Å². The van der Waals surface area contributed by atoms with E-state index in [2.05, 4.69) is 5.32 Å². The van der Waals surface area contributed by atoms with Crippen molar-refractivity contribution in [1.82, 2.24) is 5.32 Å². The summed E-state index contributed by atoms with van der Waals surface area (Å²) in [6.07, 6.45) is 1.23. The number of hydrogen-bond acceptors (Lipinski definition) is 2. The topological polar surface area (TPSA) is 66.4 Å².